The first kappa shape index (κ1) is 18.9. The van der Waals surface area contributed by atoms with Gasteiger partial charge in [-0.1, -0.05) is 43.3 Å². The molecule has 6 nitrogen and oxygen atoms in total. The van der Waals surface area contributed by atoms with Crippen LogP contribution in [0.1, 0.15) is 32.8 Å². The van der Waals surface area contributed by atoms with Crippen LogP contribution in [0.15, 0.2) is 42.5 Å². The Bertz CT molecular complexity index is 896. The maximum Gasteiger partial charge on any atom is 0.325 e. The van der Waals surface area contributed by atoms with Crippen molar-refractivity contribution < 1.29 is 28.6 Å². The molecule has 0 aliphatic carbocycles. The molecule has 0 radical (unpaired) electrons. The standard InChI is InChI=1S/C21H22O6/c1-5-21(19(24)25-4,16-17(22)26-20(2,3)27-18(16)23)15-11-10-13-8-6-7-9-14(13)12-15/h6-12,16H,5H2,1-4H3/t21-/m1/s1. The minimum atomic E-state index is -1.54. The van der Waals surface area contributed by atoms with Crippen LogP contribution in [0.2, 0.25) is 0 Å². The van der Waals surface area contributed by atoms with Crippen molar-refractivity contribution in [2.24, 2.45) is 5.92 Å². The van der Waals surface area contributed by atoms with E-state index in [0.717, 1.165) is 10.8 Å². The third kappa shape index (κ3) is 3.05. The number of methoxy groups -OCH3 is 1. The molecule has 1 fully saturated rings. The molecule has 0 aromatic heterocycles. The van der Waals surface area contributed by atoms with Crippen molar-refractivity contribution >= 4 is 28.7 Å². The Morgan fingerprint density at radius 1 is 1.07 bits per heavy atom. The van der Waals surface area contributed by atoms with E-state index in [4.69, 9.17) is 14.2 Å². The lowest BCUT2D eigenvalue weighted by Crippen LogP contribution is -2.57. The molecular weight excluding hydrogens is 348 g/mol. The molecule has 2 aromatic rings. The Kier molecular flexibility index (Phi) is 4.68. The van der Waals surface area contributed by atoms with Gasteiger partial charge in [0, 0.05) is 13.8 Å². The SMILES string of the molecule is CC[C@@](C(=O)OC)(c1ccc2ccccc2c1)C1C(=O)OC(C)(C)OC1=O. The molecule has 0 bridgehead atoms. The van der Waals surface area contributed by atoms with E-state index < -0.39 is 35.0 Å². The molecule has 2 aromatic carbocycles. The number of hydrogen-bond donors (Lipinski definition) is 0. The van der Waals surface area contributed by atoms with E-state index in [-0.39, 0.29) is 6.42 Å². The van der Waals surface area contributed by atoms with E-state index >= 15 is 0 Å². The molecule has 1 atom stereocenters. The fourth-order valence-electron chi connectivity index (χ4n) is 3.73. The zero-order valence-corrected chi connectivity index (χ0v) is 15.8. The van der Waals surface area contributed by atoms with Crippen LogP contribution in [0.4, 0.5) is 0 Å². The van der Waals surface area contributed by atoms with Crippen LogP contribution in [0.3, 0.4) is 0 Å². The van der Waals surface area contributed by atoms with Crippen LogP contribution < -0.4 is 0 Å². The molecule has 1 heterocycles. The minimum absolute atomic E-state index is 0.160. The lowest BCUT2D eigenvalue weighted by Gasteiger charge is -2.41. The number of carbonyl (C=O) groups excluding carboxylic acids is 3. The first-order valence-corrected chi connectivity index (χ1v) is 8.78. The summed E-state index contributed by atoms with van der Waals surface area (Å²) in [6, 6.07) is 13.0. The topological polar surface area (TPSA) is 78.9 Å². The summed E-state index contributed by atoms with van der Waals surface area (Å²) < 4.78 is 15.6. The summed E-state index contributed by atoms with van der Waals surface area (Å²) in [5.74, 6) is -5.08. The van der Waals surface area contributed by atoms with Crippen molar-refractivity contribution in [1.29, 1.82) is 0 Å². The molecule has 1 aliphatic heterocycles. The van der Waals surface area contributed by atoms with Crippen molar-refractivity contribution in [3.05, 3.63) is 48.0 Å². The fraction of sp³-hybridized carbons (Fsp3) is 0.381. The highest BCUT2D eigenvalue weighted by molar-refractivity contribution is 6.05. The highest BCUT2D eigenvalue weighted by atomic mass is 16.7. The smallest absolute Gasteiger partial charge is 0.325 e. The second kappa shape index (κ2) is 6.68. The van der Waals surface area contributed by atoms with Gasteiger partial charge in [-0.15, -0.1) is 0 Å². The van der Waals surface area contributed by atoms with Gasteiger partial charge in [0.2, 0.25) is 0 Å². The monoisotopic (exact) mass is 370 g/mol. The summed E-state index contributed by atoms with van der Waals surface area (Å²) in [5.41, 5.74) is -1.03. The Hall–Kier alpha value is -2.89. The van der Waals surface area contributed by atoms with Crippen LogP contribution in [-0.4, -0.2) is 30.8 Å². The molecule has 3 rings (SSSR count). The molecule has 6 heteroatoms. The largest absolute Gasteiger partial charge is 0.468 e. The molecule has 27 heavy (non-hydrogen) atoms. The van der Waals surface area contributed by atoms with Crippen molar-refractivity contribution in [3.8, 4) is 0 Å². The maximum atomic E-state index is 12.9. The Morgan fingerprint density at radius 2 is 1.67 bits per heavy atom. The Labute approximate surface area is 157 Å². The van der Waals surface area contributed by atoms with E-state index in [1.165, 1.54) is 21.0 Å². The van der Waals surface area contributed by atoms with Crippen molar-refractivity contribution in [2.75, 3.05) is 7.11 Å². The van der Waals surface area contributed by atoms with E-state index in [9.17, 15) is 14.4 Å². The predicted octanol–water partition coefficient (Wildman–Crippen LogP) is 3.11. The summed E-state index contributed by atoms with van der Waals surface area (Å²) in [6.07, 6.45) is 0.160. The lowest BCUT2D eigenvalue weighted by atomic mass is 9.67. The van der Waals surface area contributed by atoms with E-state index in [2.05, 4.69) is 0 Å². The Morgan fingerprint density at radius 3 is 2.22 bits per heavy atom. The molecule has 1 saturated heterocycles. The number of rotatable bonds is 4. The first-order valence-electron chi connectivity index (χ1n) is 8.78. The number of cyclic esters (lactones) is 2. The molecule has 0 amide bonds. The quantitative estimate of drug-likeness (QED) is 0.608. The van der Waals surface area contributed by atoms with Gasteiger partial charge in [-0.2, -0.15) is 0 Å². The number of fused-ring (bicyclic) bond motifs is 1. The zero-order valence-electron chi connectivity index (χ0n) is 15.8. The third-order valence-corrected chi connectivity index (χ3v) is 5.03. The summed E-state index contributed by atoms with van der Waals surface area (Å²) in [6.45, 7) is 4.67. The highest BCUT2D eigenvalue weighted by Gasteiger charge is 2.59. The van der Waals surface area contributed by atoms with Crippen LogP contribution >= 0.6 is 0 Å². The van der Waals surface area contributed by atoms with Crippen LogP contribution in [0.25, 0.3) is 10.8 Å². The second-order valence-corrected chi connectivity index (χ2v) is 7.05. The van der Waals surface area contributed by atoms with Crippen molar-refractivity contribution in [1.82, 2.24) is 0 Å². The molecule has 0 saturated carbocycles. The number of ether oxygens (including phenoxy) is 3. The van der Waals surface area contributed by atoms with E-state index in [0.29, 0.717) is 5.56 Å². The highest BCUT2D eigenvalue weighted by Crippen LogP contribution is 2.43. The summed E-state index contributed by atoms with van der Waals surface area (Å²) in [4.78, 5) is 38.4. The Balaban J connectivity index is 2.21. The molecule has 1 aliphatic rings. The van der Waals surface area contributed by atoms with Gasteiger partial charge in [-0.3, -0.25) is 14.4 Å². The molecular formula is C21H22O6. The predicted molar refractivity (Wildman–Crippen MR) is 97.7 cm³/mol. The van der Waals surface area contributed by atoms with Gasteiger partial charge >= 0.3 is 17.9 Å². The number of hydrogen-bond acceptors (Lipinski definition) is 6. The molecule has 0 spiro atoms. The zero-order chi connectivity index (χ0) is 19.8. The van der Waals surface area contributed by atoms with Gasteiger partial charge in [-0.25, -0.2) is 0 Å². The lowest BCUT2D eigenvalue weighted by molar-refractivity contribution is -0.244. The van der Waals surface area contributed by atoms with Crippen molar-refractivity contribution in [3.63, 3.8) is 0 Å². The summed E-state index contributed by atoms with van der Waals surface area (Å²) >= 11 is 0. The van der Waals surface area contributed by atoms with Crippen molar-refractivity contribution in [2.45, 2.75) is 38.4 Å². The third-order valence-electron chi connectivity index (χ3n) is 5.03. The van der Waals surface area contributed by atoms with Gasteiger partial charge in [0.05, 0.1) is 7.11 Å². The molecule has 0 N–H and O–H groups in total. The van der Waals surface area contributed by atoms with Gasteiger partial charge in [0.25, 0.3) is 5.79 Å². The van der Waals surface area contributed by atoms with Crippen LogP contribution in [-0.2, 0) is 34.0 Å². The van der Waals surface area contributed by atoms with Gasteiger partial charge in [-0.05, 0) is 28.8 Å². The van der Waals surface area contributed by atoms with Gasteiger partial charge in [0.1, 0.15) is 5.41 Å². The number of carbonyl (C=O) groups is 3. The van der Waals surface area contributed by atoms with Gasteiger partial charge in [0.15, 0.2) is 5.92 Å². The second-order valence-electron chi connectivity index (χ2n) is 7.05. The fourth-order valence-corrected chi connectivity index (χ4v) is 3.73. The summed E-state index contributed by atoms with van der Waals surface area (Å²) in [7, 11) is 1.23. The normalized spacial score (nSPS) is 19.1. The molecule has 142 valence electrons. The van der Waals surface area contributed by atoms with E-state index in [1.807, 2.05) is 30.3 Å². The average Bonchev–Trinajstić information content (AvgIpc) is 2.63. The van der Waals surface area contributed by atoms with Crippen LogP contribution in [0, 0.1) is 5.92 Å². The average molecular weight is 370 g/mol. The minimum Gasteiger partial charge on any atom is -0.468 e. The maximum absolute atomic E-state index is 12.9. The number of benzene rings is 2. The van der Waals surface area contributed by atoms with Gasteiger partial charge < -0.3 is 14.2 Å². The molecule has 0 unspecified atom stereocenters. The first-order chi connectivity index (χ1) is 12.7. The number of esters is 3. The van der Waals surface area contributed by atoms with Crippen LogP contribution in [0.5, 0.6) is 0 Å². The van der Waals surface area contributed by atoms with E-state index in [1.54, 1.807) is 19.1 Å². The summed E-state index contributed by atoms with van der Waals surface area (Å²) in [5, 5.41) is 1.86.